The molecule has 0 aliphatic carbocycles. The number of pyridine rings is 1. The number of benzene rings is 2. The van der Waals surface area contributed by atoms with Crippen molar-refractivity contribution in [1.29, 1.82) is 0 Å². The SMILES string of the molecule is O=C(Cc1ccccc1F)Nc1cccc(-c2cn3ccccc3n2)c1. The van der Waals surface area contributed by atoms with E-state index in [2.05, 4.69) is 10.3 Å². The fourth-order valence-corrected chi connectivity index (χ4v) is 2.85. The Morgan fingerprint density at radius 1 is 1.04 bits per heavy atom. The first-order chi connectivity index (χ1) is 12.7. The summed E-state index contributed by atoms with van der Waals surface area (Å²) in [5.41, 5.74) is 3.61. The van der Waals surface area contributed by atoms with Crippen molar-refractivity contribution in [2.45, 2.75) is 6.42 Å². The second-order valence-electron chi connectivity index (χ2n) is 5.99. The highest BCUT2D eigenvalue weighted by molar-refractivity contribution is 5.92. The first-order valence-corrected chi connectivity index (χ1v) is 8.26. The predicted octanol–water partition coefficient (Wildman–Crippen LogP) is 4.32. The average Bonchev–Trinajstić information content (AvgIpc) is 3.08. The third-order valence-corrected chi connectivity index (χ3v) is 4.11. The van der Waals surface area contributed by atoms with E-state index in [1.54, 1.807) is 24.3 Å². The van der Waals surface area contributed by atoms with E-state index in [1.807, 2.05) is 53.2 Å². The van der Waals surface area contributed by atoms with Gasteiger partial charge in [-0.15, -0.1) is 0 Å². The van der Waals surface area contributed by atoms with Crippen LogP contribution in [-0.2, 0) is 11.2 Å². The van der Waals surface area contributed by atoms with Crippen molar-refractivity contribution >= 4 is 17.2 Å². The largest absolute Gasteiger partial charge is 0.326 e. The molecule has 2 aromatic heterocycles. The Morgan fingerprint density at radius 2 is 1.88 bits per heavy atom. The standard InChI is InChI=1S/C21H16FN3O/c22-18-9-2-1-6-15(18)13-21(26)23-17-8-5-7-16(12-17)19-14-25-11-4-3-10-20(25)24-19/h1-12,14H,13H2,(H,23,26). The number of amides is 1. The molecule has 0 fully saturated rings. The van der Waals surface area contributed by atoms with Gasteiger partial charge in [0.15, 0.2) is 0 Å². The lowest BCUT2D eigenvalue weighted by molar-refractivity contribution is -0.115. The average molecular weight is 345 g/mol. The van der Waals surface area contributed by atoms with Gasteiger partial charge < -0.3 is 9.72 Å². The molecule has 4 rings (SSSR count). The van der Waals surface area contributed by atoms with Crippen LogP contribution in [0.1, 0.15) is 5.56 Å². The Morgan fingerprint density at radius 3 is 2.73 bits per heavy atom. The van der Waals surface area contributed by atoms with Gasteiger partial charge in [0.2, 0.25) is 5.91 Å². The minimum absolute atomic E-state index is 0.00867. The van der Waals surface area contributed by atoms with Crippen LogP contribution < -0.4 is 5.32 Å². The summed E-state index contributed by atoms with van der Waals surface area (Å²) < 4.78 is 15.6. The minimum atomic E-state index is -0.374. The second-order valence-corrected chi connectivity index (χ2v) is 5.99. The van der Waals surface area contributed by atoms with Gasteiger partial charge in [0.05, 0.1) is 12.1 Å². The van der Waals surface area contributed by atoms with Gasteiger partial charge in [-0.3, -0.25) is 4.79 Å². The monoisotopic (exact) mass is 345 g/mol. The fraction of sp³-hybridized carbons (Fsp3) is 0.0476. The lowest BCUT2D eigenvalue weighted by Crippen LogP contribution is -2.15. The number of fused-ring (bicyclic) bond motifs is 1. The summed E-state index contributed by atoms with van der Waals surface area (Å²) >= 11 is 0. The number of hydrogen-bond donors (Lipinski definition) is 1. The number of carbonyl (C=O) groups excluding carboxylic acids is 1. The molecule has 2 aromatic carbocycles. The Hall–Kier alpha value is -3.47. The number of hydrogen-bond acceptors (Lipinski definition) is 2. The maximum atomic E-state index is 13.7. The number of rotatable bonds is 4. The van der Waals surface area contributed by atoms with Crippen LogP contribution in [0.15, 0.2) is 79.1 Å². The molecule has 128 valence electrons. The number of imidazole rings is 1. The molecule has 0 bridgehead atoms. The molecule has 0 unspecified atom stereocenters. The zero-order chi connectivity index (χ0) is 17.9. The molecule has 0 saturated heterocycles. The molecule has 4 aromatic rings. The third-order valence-electron chi connectivity index (χ3n) is 4.11. The van der Waals surface area contributed by atoms with E-state index in [0.29, 0.717) is 11.3 Å². The van der Waals surface area contributed by atoms with Gasteiger partial charge in [0.25, 0.3) is 0 Å². The topological polar surface area (TPSA) is 46.4 Å². The third kappa shape index (κ3) is 3.32. The molecular weight excluding hydrogens is 329 g/mol. The number of nitrogens with one attached hydrogen (secondary N) is 1. The molecule has 1 N–H and O–H groups in total. The van der Waals surface area contributed by atoms with Crippen molar-refractivity contribution in [2.75, 3.05) is 5.32 Å². The van der Waals surface area contributed by atoms with Gasteiger partial charge in [-0.1, -0.05) is 36.4 Å². The molecule has 1 amide bonds. The van der Waals surface area contributed by atoms with Crippen molar-refractivity contribution in [1.82, 2.24) is 9.38 Å². The summed E-state index contributed by atoms with van der Waals surface area (Å²) in [4.78, 5) is 16.8. The maximum absolute atomic E-state index is 13.7. The van der Waals surface area contributed by atoms with Crippen LogP contribution in [0.5, 0.6) is 0 Å². The molecular formula is C21H16FN3O. The maximum Gasteiger partial charge on any atom is 0.228 e. The van der Waals surface area contributed by atoms with Crippen molar-refractivity contribution in [3.05, 3.63) is 90.5 Å². The van der Waals surface area contributed by atoms with Crippen LogP contribution in [0.25, 0.3) is 16.9 Å². The molecule has 0 atom stereocenters. The number of anilines is 1. The Kier molecular flexibility index (Phi) is 4.19. The molecule has 0 aliphatic heterocycles. The van der Waals surface area contributed by atoms with E-state index >= 15 is 0 Å². The number of nitrogens with zero attached hydrogens (tertiary/aromatic N) is 2. The molecule has 0 spiro atoms. The van der Waals surface area contributed by atoms with Crippen LogP contribution >= 0.6 is 0 Å². The minimum Gasteiger partial charge on any atom is -0.326 e. The van der Waals surface area contributed by atoms with Crippen LogP contribution in [-0.4, -0.2) is 15.3 Å². The first-order valence-electron chi connectivity index (χ1n) is 8.26. The van der Waals surface area contributed by atoms with Crippen LogP contribution in [0.4, 0.5) is 10.1 Å². The highest BCUT2D eigenvalue weighted by atomic mass is 19.1. The molecule has 5 heteroatoms. The second kappa shape index (κ2) is 6.80. The van der Waals surface area contributed by atoms with Crippen LogP contribution in [0.2, 0.25) is 0 Å². The summed E-state index contributed by atoms with van der Waals surface area (Å²) in [5.74, 6) is -0.636. The highest BCUT2D eigenvalue weighted by Gasteiger charge is 2.09. The number of halogens is 1. The molecule has 2 heterocycles. The van der Waals surface area contributed by atoms with Gasteiger partial charge in [-0.25, -0.2) is 9.37 Å². The van der Waals surface area contributed by atoms with Crippen molar-refractivity contribution in [3.63, 3.8) is 0 Å². The fourth-order valence-electron chi connectivity index (χ4n) is 2.85. The zero-order valence-electron chi connectivity index (χ0n) is 13.9. The predicted molar refractivity (Wildman–Crippen MR) is 99.4 cm³/mol. The van der Waals surface area contributed by atoms with E-state index in [9.17, 15) is 9.18 Å². The van der Waals surface area contributed by atoms with Gasteiger partial charge in [-0.05, 0) is 35.9 Å². The molecule has 26 heavy (non-hydrogen) atoms. The van der Waals surface area contributed by atoms with Crippen molar-refractivity contribution < 1.29 is 9.18 Å². The highest BCUT2D eigenvalue weighted by Crippen LogP contribution is 2.22. The van der Waals surface area contributed by atoms with Crippen LogP contribution in [0.3, 0.4) is 0 Å². The smallest absolute Gasteiger partial charge is 0.228 e. The van der Waals surface area contributed by atoms with E-state index in [0.717, 1.165) is 16.9 Å². The summed E-state index contributed by atoms with van der Waals surface area (Å²) in [6, 6.07) is 19.6. The summed E-state index contributed by atoms with van der Waals surface area (Å²) in [7, 11) is 0. The molecule has 0 aliphatic rings. The van der Waals surface area contributed by atoms with Crippen molar-refractivity contribution in [3.8, 4) is 11.3 Å². The summed E-state index contributed by atoms with van der Waals surface area (Å²) in [6.45, 7) is 0. The van der Waals surface area contributed by atoms with Gasteiger partial charge in [0.1, 0.15) is 11.5 Å². The molecule has 4 nitrogen and oxygen atoms in total. The lowest BCUT2D eigenvalue weighted by atomic mass is 10.1. The quantitative estimate of drug-likeness (QED) is 0.599. The van der Waals surface area contributed by atoms with E-state index in [1.165, 1.54) is 6.07 Å². The molecule has 0 saturated carbocycles. The zero-order valence-corrected chi connectivity index (χ0v) is 13.9. The van der Waals surface area contributed by atoms with E-state index in [-0.39, 0.29) is 18.1 Å². The summed E-state index contributed by atoms with van der Waals surface area (Å²) in [5, 5.41) is 2.82. The van der Waals surface area contributed by atoms with E-state index in [4.69, 9.17) is 0 Å². The Labute approximate surface area is 149 Å². The molecule has 0 radical (unpaired) electrons. The Balaban J connectivity index is 1.54. The lowest BCUT2D eigenvalue weighted by Gasteiger charge is -2.07. The van der Waals surface area contributed by atoms with Crippen LogP contribution in [0, 0.1) is 5.82 Å². The number of carbonyl (C=O) groups is 1. The van der Waals surface area contributed by atoms with Gasteiger partial charge >= 0.3 is 0 Å². The van der Waals surface area contributed by atoms with Gasteiger partial charge in [-0.2, -0.15) is 0 Å². The van der Waals surface area contributed by atoms with E-state index < -0.39 is 0 Å². The number of aromatic nitrogens is 2. The summed E-state index contributed by atoms with van der Waals surface area (Å²) in [6.07, 6.45) is 3.87. The normalized spacial score (nSPS) is 10.8. The van der Waals surface area contributed by atoms with Gasteiger partial charge in [0, 0.05) is 23.6 Å². The Bertz CT molecular complexity index is 1050. The first kappa shape index (κ1) is 16.0. The van der Waals surface area contributed by atoms with Crippen molar-refractivity contribution in [2.24, 2.45) is 0 Å².